The molecule has 3 aliphatic carbocycles. The predicted molar refractivity (Wildman–Crippen MR) is 83.0 cm³/mol. The molecule has 0 aromatic heterocycles. The smallest absolute Gasteiger partial charge is 0.0172 e. The maximum atomic E-state index is 2.55. The molecule has 0 radical (unpaired) electrons. The average Bonchev–Trinajstić information content (AvgIpc) is 2.81. The highest BCUT2D eigenvalue weighted by molar-refractivity contribution is 5.20. The third-order valence-electron chi connectivity index (χ3n) is 6.45. The molecule has 5 unspecified atom stereocenters. The zero-order valence-corrected chi connectivity index (χ0v) is 13.0. The van der Waals surface area contributed by atoms with Crippen molar-refractivity contribution >= 4 is 0 Å². The van der Waals surface area contributed by atoms with E-state index in [2.05, 4.69) is 32.9 Å². The van der Waals surface area contributed by atoms with E-state index in [9.17, 15) is 0 Å². The normalized spacial score (nSPS) is 43.8. The highest BCUT2D eigenvalue weighted by atomic mass is 14.5. The van der Waals surface area contributed by atoms with Gasteiger partial charge in [-0.25, -0.2) is 0 Å². The zero-order valence-electron chi connectivity index (χ0n) is 13.0. The third kappa shape index (κ3) is 2.22. The Kier molecular flexibility index (Phi) is 3.87. The molecule has 3 aliphatic rings. The standard InChI is InChI=1S/C19H30/c1-4-6-16-14(5-2)8-10-19-17-9-7-13(3)15(17)11-12-18(16)19/h5,7,15-19H,4,6,8-12H2,1-3H3/b14-5-. The Hall–Kier alpha value is -0.520. The van der Waals surface area contributed by atoms with Gasteiger partial charge in [-0.05, 0) is 82.0 Å². The van der Waals surface area contributed by atoms with Gasteiger partial charge in [0, 0.05) is 0 Å². The first kappa shape index (κ1) is 13.5. The molecule has 5 atom stereocenters. The van der Waals surface area contributed by atoms with Crippen molar-refractivity contribution in [1.82, 2.24) is 0 Å². The second kappa shape index (κ2) is 5.46. The lowest BCUT2D eigenvalue weighted by Gasteiger charge is -2.48. The second-order valence-corrected chi connectivity index (χ2v) is 7.16. The highest BCUT2D eigenvalue weighted by Gasteiger charge is 2.46. The Morgan fingerprint density at radius 3 is 2.74 bits per heavy atom. The van der Waals surface area contributed by atoms with Crippen molar-refractivity contribution in [3.8, 4) is 0 Å². The van der Waals surface area contributed by atoms with E-state index < -0.39 is 0 Å². The molecule has 106 valence electrons. The van der Waals surface area contributed by atoms with Gasteiger partial charge in [0.2, 0.25) is 0 Å². The topological polar surface area (TPSA) is 0 Å². The van der Waals surface area contributed by atoms with E-state index in [-0.39, 0.29) is 0 Å². The van der Waals surface area contributed by atoms with E-state index in [0.717, 1.165) is 29.6 Å². The fraction of sp³-hybridized carbons (Fsp3) is 0.789. The fourth-order valence-electron chi connectivity index (χ4n) is 5.58. The van der Waals surface area contributed by atoms with E-state index in [4.69, 9.17) is 0 Å². The maximum absolute atomic E-state index is 2.55. The molecular weight excluding hydrogens is 228 g/mol. The van der Waals surface area contributed by atoms with Crippen molar-refractivity contribution in [2.75, 3.05) is 0 Å². The van der Waals surface area contributed by atoms with E-state index in [1.807, 2.05) is 0 Å². The van der Waals surface area contributed by atoms with E-state index in [1.165, 1.54) is 44.9 Å². The Bertz CT molecular complexity index is 387. The third-order valence-corrected chi connectivity index (χ3v) is 6.45. The second-order valence-electron chi connectivity index (χ2n) is 7.16. The molecule has 0 aromatic carbocycles. The molecule has 0 aliphatic heterocycles. The molecule has 0 N–H and O–H groups in total. The first-order valence-electron chi connectivity index (χ1n) is 8.58. The SMILES string of the molecule is C/C=C1/CCC2C3CC=C(C)C3CCC2C1CCC. The van der Waals surface area contributed by atoms with E-state index >= 15 is 0 Å². The van der Waals surface area contributed by atoms with Crippen LogP contribution in [-0.4, -0.2) is 0 Å². The van der Waals surface area contributed by atoms with Crippen LogP contribution in [-0.2, 0) is 0 Å². The number of rotatable bonds is 2. The maximum Gasteiger partial charge on any atom is -0.0172 e. The minimum absolute atomic E-state index is 0.926. The average molecular weight is 258 g/mol. The lowest BCUT2D eigenvalue weighted by Crippen LogP contribution is -2.40. The minimum atomic E-state index is 0.926. The van der Waals surface area contributed by atoms with Crippen molar-refractivity contribution in [2.45, 2.75) is 65.7 Å². The van der Waals surface area contributed by atoms with Crippen LogP contribution in [0.2, 0.25) is 0 Å². The lowest BCUT2D eigenvalue weighted by atomic mass is 9.56. The van der Waals surface area contributed by atoms with Crippen LogP contribution in [0.4, 0.5) is 0 Å². The first-order chi connectivity index (χ1) is 9.26. The van der Waals surface area contributed by atoms with Gasteiger partial charge in [0.15, 0.2) is 0 Å². The molecule has 19 heavy (non-hydrogen) atoms. The Labute approximate surface area is 119 Å². The number of hydrogen-bond donors (Lipinski definition) is 0. The van der Waals surface area contributed by atoms with Crippen molar-refractivity contribution in [2.24, 2.45) is 29.6 Å². The van der Waals surface area contributed by atoms with Crippen molar-refractivity contribution < 1.29 is 0 Å². The van der Waals surface area contributed by atoms with Gasteiger partial charge >= 0.3 is 0 Å². The predicted octanol–water partition coefficient (Wildman–Crippen LogP) is 5.75. The fourth-order valence-corrected chi connectivity index (χ4v) is 5.58. The molecule has 0 heteroatoms. The molecule has 0 spiro atoms. The number of fused-ring (bicyclic) bond motifs is 3. The zero-order chi connectivity index (χ0) is 13.4. The van der Waals surface area contributed by atoms with Gasteiger partial charge in [-0.15, -0.1) is 0 Å². The first-order valence-corrected chi connectivity index (χ1v) is 8.58. The highest BCUT2D eigenvalue weighted by Crippen LogP contribution is 2.55. The Balaban J connectivity index is 1.81. The van der Waals surface area contributed by atoms with Gasteiger partial charge in [0.25, 0.3) is 0 Å². The van der Waals surface area contributed by atoms with Gasteiger partial charge in [-0.1, -0.05) is 36.6 Å². The number of hydrogen-bond acceptors (Lipinski definition) is 0. The van der Waals surface area contributed by atoms with Crippen LogP contribution in [0.5, 0.6) is 0 Å². The van der Waals surface area contributed by atoms with Gasteiger partial charge in [0.05, 0.1) is 0 Å². The molecular formula is C19H30. The summed E-state index contributed by atoms with van der Waals surface area (Å²) in [6, 6.07) is 0. The lowest BCUT2D eigenvalue weighted by molar-refractivity contribution is 0.0569. The molecule has 0 amide bonds. The van der Waals surface area contributed by atoms with Gasteiger partial charge in [0.1, 0.15) is 0 Å². The van der Waals surface area contributed by atoms with Crippen LogP contribution in [0.3, 0.4) is 0 Å². The summed E-state index contributed by atoms with van der Waals surface area (Å²) in [4.78, 5) is 0. The van der Waals surface area contributed by atoms with Crippen LogP contribution in [0, 0.1) is 29.6 Å². The van der Waals surface area contributed by atoms with Crippen LogP contribution in [0.1, 0.15) is 65.7 Å². The summed E-state index contributed by atoms with van der Waals surface area (Å²) in [5.41, 5.74) is 3.51. The summed E-state index contributed by atoms with van der Waals surface area (Å²) in [7, 11) is 0. The van der Waals surface area contributed by atoms with Crippen molar-refractivity contribution in [3.63, 3.8) is 0 Å². The van der Waals surface area contributed by atoms with E-state index in [0.29, 0.717) is 0 Å². The number of allylic oxidation sites excluding steroid dienone is 4. The van der Waals surface area contributed by atoms with Crippen LogP contribution >= 0.6 is 0 Å². The summed E-state index contributed by atoms with van der Waals surface area (Å²) in [5.74, 6) is 4.94. The molecule has 0 saturated heterocycles. The molecule has 3 rings (SSSR count). The molecule has 0 bridgehead atoms. The summed E-state index contributed by atoms with van der Waals surface area (Å²) in [6.45, 7) is 7.02. The molecule has 2 saturated carbocycles. The van der Waals surface area contributed by atoms with Gasteiger partial charge in [-0.2, -0.15) is 0 Å². The van der Waals surface area contributed by atoms with Crippen molar-refractivity contribution in [3.05, 3.63) is 23.3 Å². The van der Waals surface area contributed by atoms with Crippen LogP contribution in [0.15, 0.2) is 23.3 Å². The summed E-state index contributed by atoms with van der Waals surface area (Å²) in [5, 5.41) is 0. The largest absolute Gasteiger partial charge is 0.0882 e. The monoisotopic (exact) mass is 258 g/mol. The van der Waals surface area contributed by atoms with Crippen LogP contribution < -0.4 is 0 Å². The summed E-state index contributed by atoms with van der Waals surface area (Å²) >= 11 is 0. The van der Waals surface area contributed by atoms with Gasteiger partial charge < -0.3 is 0 Å². The Morgan fingerprint density at radius 1 is 1.16 bits per heavy atom. The van der Waals surface area contributed by atoms with Crippen molar-refractivity contribution in [1.29, 1.82) is 0 Å². The Morgan fingerprint density at radius 2 is 2.00 bits per heavy atom. The minimum Gasteiger partial charge on any atom is -0.0882 e. The van der Waals surface area contributed by atoms with E-state index in [1.54, 1.807) is 11.1 Å². The molecule has 0 heterocycles. The molecule has 0 nitrogen and oxygen atoms in total. The van der Waals surface area contributed by atoms with Gasteiger partial charge in [-0.3, -0.25) is 0 Å². The molecule has 2 fully saturated rings. The van der Waals surface area contributed by atoms with Crippen LogP contribution in [0.25, 0.3) is 0 Å². The molecule has 0 aromatic rings. The summed E-state index contributed by atoms with van der Waals surface area (Å²) in [6.07, 6.45) is 15.0. The summed E-state index contributed by atoms with van der Waals surface area (Å²) < 4.78 is 0. The quantitative estimate of drug-likeness (QED) is 0.553.